The molecule has 2 aromatic carbocycles. The van der Waals surface area contributed by atoms with Crippen LogP contribution >= 0.6 is 0 Å². The van der Waals surface area contributed by atoms with Crippen LogP contribution in [0.2, 0.25) is 0 Å². The second-order valence-corrected chi connectivity index (χ2v) is 7.27. The summed E-state index contributed by atoms with van der Waals surface area (Å²) < 4.78 is 30.6. The molecule has 1 N–H and O–H groups in total. The molecule has 0 saturated carbocycles. The van der Waals surface area contributed by atoms with Crippen LogP contribution in [0.5, 0.6) is 17.2 Å². The van der Waals surface area contributed by atoms with Crippen molar-refractivity contribution in [1.29, 1.82) is 0 Å². The van der Waals surface area contributed by atoms with E-state index in [1.54, 1.807) is 12.1 Å². The normalized spacial score (nSPS) is 21.9. The molecule has 4 rings (SSSR count). The van der Waals surface area contributed by atoms with Gasteiger partial charge in [0, 0.05) is 18.0 Å². The van der Waals surface area contributed by atoms with Crippen molar-refractivity contribution in [2.45, 2.75) is 31.9 Å². The first-order chi connectivity index (χ1) is 13.6. The van der Waals surface area contributed by atoms with E-state index in [-0.39, 0.29) is 29.7 Å². The highest BCUT2D eigenvalue weighted by Crippen LogP contribution is 2.40. The fraction of sp³-hybridized carbons (Fsp3) is 0.409. The lowest BCUT2D eigenvalue weighted by Gasteiger charge is -2.28. The lowest BCUT2D eigenvalue weighted by Crippen LogP contribution is -2.41. The van der Waals surface area contributed by atoms with Crippen molar-refractivity contribution in [2.24, 2.45) is 5.92 Å². The number of hydrogen-bond donors (Lipinski definition) is 1. The largest absolute Gasteiger partial charge is 0.486 e. The SMILES string of the molecule is CC(Oc1cccc2c1OCCO2)[C@@H]1NCCC1CC(=O)c1ccc(F)cc1. The van der Waals surface area contributed by atoms with Gasteiger partial charge in [-0.3, -0.25) is 4.79 Å². The van der Waals surface area contributed by atoms with Crippen molar-refractivity contribution in [2.75, 3.05) is 19.8 Å². The average Bonchev–Trinajstić information content (AvgIpc) is 3.17. The zero-order chi connectivity index (χ0) is 19.5. The van der Waals surface area contributed by atoms with Gasteiger partial charge >= 0.3 is 0 Å². The van der Waals surface area contributed by atoms with Gasteiger partial charge < -0.3 is 19.5 Å². The summed E-state index contributed by atoms with van der Waals surface area (Å²) in [5, 5.41) is 3.46. The van der Waals surface area contributed by atoms with Gasteiger partial charge in [0.1, 0.15) is 25.1 Å². The first-order valence-electron chi connectivity index (χ1n) is 9.69. The second kappa shape index (κ2) is 8.19. The maximum Gasteiger partial charge on any atom is 0.203 e. The number of carbonyl (C=O) groups excluding carboxylic acids is 1. The van der Waals surface area contributed by atoms with E-state index >= 15 is 0 Å². The molecule has 2 unspecified atom stereocenters. The summed E-state index contributed by atoms with van der Waals surface area (Å²) in [6.07, 6.45) is 1.16. The molecule has 1 fully saturated rings. The minimum Gasteiger partial charge on any atom is -0.486 e. The molecule has 2 heterocycles. The molecule has 2 aromatic rings. The van der Waals surface area contributed by atoms with Crippen molar-refractivity contribution in [3.05, 3.63) is 53.8 Å². The Morgan fingerprint density at radius 2 is 2.00 bits per heavy atom. The maximum absolute atomic E-state index is 13.1. The number of ether oxygens (including phenoxy) is 3. The highest BCUT2D eigenvalue weighted by atomic mass is 19.1. The molecule has 2 aliphatic heterocycles. The number of rotatable bonds is 6. The highest BCUT2D eigenvalue weighted by Gasteiger charge is 2.34. The average molecular weight is 385 g/mol. The molecule has 28 heavy (non-hydrogen) atoms. The monoisotopic (exact) mass is 385 g/mol. The third-order valence-corrected chi connectivity index (χ3v) is 5.37. The topological polar surface area (TPSA) is 56.8 Å². The molecule has 0 aromatic heterocycles. The zero-order valence-electron chi connectivity index (χ0n) is 15.8. The number of hydrogen-bond acceptors (Lipinski definition) is 5. The zero-order valence-corrected chi connectivity index (χ0v) is 15.8. The Morgan fingerprint density at radius 1 is 1.21 bits per heavy atom. The van der Waals surface area contributed by atoms with Gasteiger partial charge in [0.2, 0.25) is 5.75 Å². The highest BCUT2D eigenvalue weighted by molar-refractivity contribution is 5.96. The van der Waals surface area contributed by atoms with Gasteiger partial charge in [-0.1, -0.05) is 6.07 Å². The van der Waals surface area contributed by atoms with E-state index in [9.17, 15) is 9.18 Å². The Balaban J connectivity index is 1.43. The molecular formula is C22H24FNO4. The van der Waals surface area contributed by atoms with Gasteiger partial charge in [-0.25, -0.2) is 4.39 Å². The fourth-order valence-corrected chi connectivity index (χ4v) is 3.97. The minimum atomic E-state index is -0.337. The lowest BCUT2D eigenvalue weighted by molar-refractivity contribution is 0.0925. The Bertz CT molecular complexity index is 839. The molecule has 5 nitrogen and oxygen atoms in total. The van der Waals surface area contributed by atoms with Gasteiger partial charge in [-0.2, -0.15) is 0 Å². The van der Waals surface area contributed by atoms with Crippen LogP contribution in [0.4, 0.5) is 4.39 Å². The molecule has 6 heteroatoms. The van der Waals surface area contributed by atoms with Crippen LogP contribution in [0.1, 0.15) is 30.1 Å². The summed E-state index contributed by atoms with van der Waals surface area (Å²) >= 11 is 0. The minimum absolute atomic E-state index is 0.0275. The molecule has 1 saturated heterocycles. The smallest absolute Gasteiger partial charge is 0.203 e. The Hall–Kier alpha value is -2.60. The predicted octanol–water partition coefficient (Wildman–Crippen LogP) is 3.62. The van der Waals surface area contributed by atoms with Crippen LogP contribution in [0, 0.1) is 11.7 Å². The predicted molar refractivity (Wildman–Crippen MR) is 103 cm³/mol. The van der Waals surface area contributed by atoms with E-state index < -0.39 is 0 Å². The van der Waals surface area contributed by atoms with Crippen molar-refractivity contribution >= 4 is 5.78 Å². The van der Waals surface area contributed by atoms with E-state index in [1.807, 2.05) is 25.1 Å². The van der Waals surface area contributed by atoms with Crippen LogP contribution in [0.25, 0.3) is 0 Å². The number of ketones is 1. The molecule has 0 spiro atoms. The summed E-state index contributed by atoms with van der Waals surface area (Å²) in [4.78, 5) is 12.6. The molecule has 3 atom stereocenters. The summed E-state index contributed by atoms with van der Waals surface area (Å²) in [5.74, 6) is 1.83. The number of fused-ring (bicyclic) bond motifs is 1. The number of benzene rings is 2. The van der Waals surface area contributed by atoms with E-state index in [0.717, 1.165) is 13.0 Å². The lowest BCUT2D eigenvalue weighted by atomic mass is 9.89. The summed E-state index contributed by atoms with van der Waals surface area (Å²) in [5.41, 5.74) is 0.545. The van der Waals surface area contributed by atoms with Gasteiger partial charge in [0.15, 0.2) is 17.3 Å². The molecular weight excluding hydrogens is 361 g/mol. The van der Waals surface area contributed by atoms with E-state index in [0.29, 0.717) is 42.4 Å². The van der Waals surface area contributed by atoms with Crippen molar-refractivity contribution in [3.63, 3.8) is 0 Å². The number of Topliss-reactive ketones (excluding diaryl/α,β-unsaturated/α-hetero) is 1. The number of halogens is 1. The van der Waals surface area contributed by atoms with Crippen LogP contribution in [-0.4, -0.2) is 37.7 Å². The summed E-state index contributed by atoms with van der Waals surface area (Å²) in [7, 11) is 0. The second-order valence-electron chi connectivity index (χ2n) is 7.27. The number of para-hydroxylation sites is 1. The number of nitrogens with one attached hydrogen (secondary N) is 1. The first-order valence-corrected chi connectivity index (χ1v) is 9.69. The standard InChI is InChI=1S/C22H24FNO4/c1-14(28-20-4-2-3-19-22(20)27-12-11-26-19)21-16(9-10-24-21)13-18(25)15-5-7-17(23)8-6-15/h2-8,14,16,21,24H,9-13H2,1H3/t14?,16?,21-/m0/s1. The number of carbonyl (C=O) groups is 1. The first kappa shape index (κ1) is 18.7. The molecule has 2 aliphatic rings. The quantitative estimate of drug-likeness (QED) is 0.770. The van der Waals surface area contributed by atoms with Crippen LogP contribution < -0.4 is 19.5 Å². The molecule has 148 valence electrons. The van der Waals surface area contributed by atoms with E-state index in [2.05, 4.69) is 5.32 Å². The van der Waals surface area contributed by atoms with Crippen molar-refractivity contribution in [3.8, 4) is 17.2 Å². The van der Waals surface area contributed by atoms with Crippen LogP contribution in [0.3, 0.4) is 0 Å². The molecule has 0 radical (unpaired) electrons. The van der Waals surface area contributed by atoms with E-state index in [4.69, 9.17) is 14.2 Å². The Kier molecular flexibility index (Phi) is 5.48. The van der Waals surface area contributed by atoms with Crippen molar-refractivity contribution in [1.82, 2.24) is 5.32 Å². The fourth-order valence-electron chi connectivity index (χ4n) is 3.97. The molecule has 0 amide bonds. The van der Waals surface area contributed by atoms with Gasteiger partial charge in [-0.15, -0.1) is 0 Å². The maximum atomic E-state index is 13.1. The third-order valence-electron chi connectivity index (χ3n) is 5.37. The molecule has 0 aliphatic carbocycles. The van der Waals surface area contributed by atoms with Gasteiger partial charge in [0.25, 0.3) is 0 Å². The van der Waals surface area contributed by atoms with Gasteiger partial charge in [0.05, 0.1) is 0 Å². The van der Waals surface area contributed by atoms with Crippen molar-refractivity contribution < 1.29 is 23.4 Å². The Morgan fingerprint density at radius 3 is 2.82 bits per heavy atom. The molecule has 0 bridgehead atoms. The van der Waals surface area contributed by atoms with Crippen LogP contribution in [0.15, 0.2) is 42.5 Å². The third kappa shape index (κ3) is 3.97. The summed E-state index contributed by atoms with van der Waals surface area (Å²) in [6.45, 7) is 3.87. The Labute approximate surface area is 163 Å². The van der Waals surface area contributed by atoms with Gasteiger partial charge in [-0.05, 0) is 62.2 Å². The summed E-state index contributed by atoms with van der Waals surface area (Å²) in [6, 6.07) is 11.4. The van der Waals surface area contributed by atoms with E-state index in [1.165, 1.54) is 12.1 Å². The van der Waals surface area contributed by atoms with Crippen LogP contribution in [-0.2, 0) is 0 Å².